The van der Waals surface area contributed by atoms with Crippen molar-refractivity contribution in [1.82, 2.24) is 9.13 Å². The minimum Gasteiger partial charge on any atom is -0.309 e. The minimum absolute atomic E-state index is 1.14. The largest absolute Gasteiger partial charge is 0.309 e. The standard InChI is InChI=1S/C60H40N2/c1-5-15-41(16-6-1)43-27-33-49(34-28-43)61-55-37-31-47(39-53(55)59-51(23-13-25-57(59)61)45-19-9-3-10-20-45)48-32-38-56-54(40-48)60-52(46-21-11-4-12-22-46)24-14-26-58(60)62(56)50-35-29-44(30-36-50)42-17-7-2-8-18-42/h1-40H. The van der Waals surface area contributed by atoms with E-state index in [4.69, 9.17) is 0 Å². The van der Waals surface area contributed by atoms with Gasteiger partial charge in [-0.2, -0.15) is 0 Å². The quantitative estimate of drug-likeness (QED) is 0.152. The van der Waals surface area contributed by atoms with Crippen molar-refractivity contribution < 1.29 is 0 Å². The van der Waals surface area contributed by atoms with Gasteiger partial charge in [-0.1, -0.05) is 182 Å². The smallest absolute Gasteiger partial charge is 0.0547 e. The molecule has 0 unspecified atom stereocenters. The fourth-order valence-corrected chi connectivity index (χ4v) is 9.64. The van der Waals surface area contributed by atoms with Crippen LogP contribution in [0, 0.1) is 0 Å². The maximum absolute atomic E-state index is 2.43. The number of fused-ring (bicyclic) bond motifs is 6. The van der Waals surface area contributed by atoms with Gasteiger partial charge in [0, 0.05) is 32.9 Å². The summed E-state index contributed by atoms with van der Waals surface area (Å²) in [6, 6.07) is 88.4. The van der Waals surface area contributed by atoms with Crippen molar-refractivity contribution in [2.45, 2.75) is 0 Å². The van der Waals surface area contributed by atoms with E-state index in [0.717, 1.165) is 11.4 Å². The van der Waals surface area contributed by atoms with E-state index in [1.54, 1.807) is 0 Å². The van der Waals surface area contributed by atoms with E-state index in [0.29, 0.717) is 0 Å². The first-order valence-electron chi connectivity index (χ1n) is 21.3. The molecule has 2 heteroatoms. The molecule has 62 heavy (non-hydrogen) atoms. The monoisotopic (exact) mass is 788 g/mol. The van der Waals surface area contributed by atoms with Crippen molar-refractivity contribution in [2.24, 2.45) is 0 Å². The van der Waals surface area contributed by atoms with E-state index >= 15 is 0 Å². The van der Waals surface area contributed by atoms with E-state index in [1.807, 2.05) is 0 Å². The molecule has 0 N–H and O–H groups in total. The molecular formula is C60H40N2. The van der Waals surface area contributed by atoms with Crippen LogP contribution >= 0.6 is 0 Å². The number of aromatic nitrogens is 2. The molecule has 0 saturated carbocycles. The zero-order valence-electron chi connectivity index (χ0n) is 34.0. The second-order valence-corrected chi connectivity index (χ2v) is 16.1. The Bertz CT molecular complexity index is 3320. The summed E-state index contributed by atoms with van der Waals surface area (Å²) in [5.41, 5.74) is 19.1. The highest BCUT2D eigenvalue weighted by molar-refractivity contribution is 6.18. The molecule has 0 radical (unpaired) electrons. The van der Waals surface area contributed by atoms with Crippen LogP contribution in [0.2, 0.25) is 0 Å². The van der Waals surface area contributed by atoms with Crippen LogP contribution in [0.5, 0.6) is 0 Å². The van der Waals surface area contributed by atoms with Crippen LogP contribution < -0.4 is 0 Å². The summed E-state index contributed by atoms with van der Waals surface area (Å²) >= 11 is 0. The summed E-state index contributed by atoms with van der Waals surface area (Å²) in [6.07, 6.45) is 0. The van der Waals surface area contributed by atoms with Crippen molar-refractivity contribution in [3.8, 4) is 67.0 Å². The first kappa shape index (κ1) is 35.7. The van der Waals surface area contributed by atoms with Crippen molar-refractivity contribution in [3.05, 3.63) is 243 Å². The normalized spacial score (nSPS) is 11.5. The van der Waals surface area contributed by atoms with Gasteiger partial charge in [-0.3, -0.25) is 0 Å². The van der Waals surface area contributed by atoms with Crippen LogP contribution in [0.15, 0.2) is 243 Å². The summed E-state index contributed by atoms with van der Waals surface area (Å²) in [6.45, 7) is 0. The van der Waals surface area contributed by atoms with Gasteiger partial charge >= 0.3 is 0 Å². The predicted octanol–water partition coefficient (Wildman–Crippen LogP) is 16.2. The molecule has 0 fully saturated rings. The Hall–Kier alpha value is -8.20. The first-order valence-corrected chi connectivity index (χ1v) is 21.3. The van der Waals surface area contributed by atoms with Gasteiger partial charge in [-0.05, 0) is 116 Å². The molecule has 0 aliphatic rings. The lowest BCUT2D eigenvalue weighted by Gasteiger charge is -2.11. The van der Waals surface area contributed by atoms with E-state index in [1.165, 1.54) is 99.2 Å². The molecule has 2 heterocycles. The summed E-state index contributed by atoms with van der Waals surface area (Å²) in [5, 5.41) is 4.97. The van der Waals surface area contributed by atoms with Gasteiger partial charge < -0.3 is 9.13 Å². The molecule has 0 amide bonds. The van der Waals surface area contributed by atoms with Gasteiger partial charge in [0.15, 0.2) is 0 Å². The number of benzene rings is 10. The number of hydrogen-bond acceptors (Lipinski definition) is 0. The van der Waals surface area contributed by atoms with E-state index in [9.17, 15) is 0 Å². The van der Waals surface area contributed by atoms with E-state index < -0.39 is 0 Å². The average Bonchev–Trinajstić information content (AvgIpc) is 3.87. The highest BCUT2D eigenvalue weighted by Crippen LogP contribution is 2.43. The zero-order chi connectivity index (χ0) is 41.0. The Kier molecular flexibility index (Phi) is 8.53. The predicted molar refractivity (Wildman–Crippen MR) is 262 cm³/mol. The first-order chi connectivity index (χ1) is 30.8. The third-order valence-electron chi connectivity index (χ3n) is 12.5. The molecule has 290 valence electrons. The van der Waals surface area contributed by atoms with Crippen molar-refractivity contribution >= 4 is 43.6 Å². The topological polar surface area (TPSA) is 9.86 Å². The Balaban J connectivity index is 1.06. The number of rotatable bonds is 7. The zero-order valence-corrected chi connectivity index (χ0v) is 34.0. The molecule has 2 nitrogen and oxygen atoms in total. The Morgan fingerprint density at radius 1 is 0.210 bits per heavy atom. The third kappa shape index (κ3) is 5.96. The molecule has 0 saturated heterocycles. The molecule has 0 aliphatic carbocycles. The van der Waals surface area contributed by atoms with Crippen LogP contribution in [-0.4, -0.2) is 9.13 Å². The summed E-state index contributed by atoms with van der Waals surface area (Å²) < 4.78 is 4.86. The lowest BCUT2D eigenvalue weighted by Crippen LogP contribution is -1.94. The number of hydrogen-bond donors (Lipinski definition) is 0. The molecule has 12 rings (SSSR count). The van der Waals surface area contributed by atoms with Gasteiger partial charge in [0.05, 0.1) is 22.1 Å². The maximum Gasteiger partial charge on any atom is 0.0547 e. The molecule has 0 bridgehead atoms. The van der Waals surface area contributed by atoms with E-state index in [-0.39, 0.29) is 0 Å². The molecule has 0 spiro atoms. The van der Waals surface area contributed by atoms with Gasteiger partial charge in [-0.15, -0.1) is 0 Å². The molecule has 0 aliphatic heterocycles. The van der Waals surface area contributed by atoms with Crippen molar-refractivity contribution in [1.29, 1.82) is 0 Å². The fraction of sp³-hybridized carbons (Fsp3) is 0. The van der Waals surface area contributed by atoms with Crippen LogP contribution in [-0.2, 0) is 0 Å². The Morgan fingerprint density at radius 3 is 0.903 bits per heavy atom. The maximum atomic E-state index is 2.43. The van der Waals surface area contributed by atoms with Gasteiger partial charge in [-0.25, -0.2) is 0 Å². The fourth-order valence-electron chi connectivity index (χ4n) is 9.64. The van der Waals surface area contributed by atoms with Gasteiger partial charge in [0.1, 0.15) is 0 Å². The second kappa shape index (κ2) is 14.8. The van der Waals surface area contributed by atoms with Crippen molar-refractivity contribution in [2.75, 3.05) is 0 Å². The van der Waals surface area contributed by atoms with Gasteiger partial charge in [0.25, 0.3) is 0 Å². The summed E-state index contributed by atoms with van der Waals surface area (Å²) in [5.74, 6) is 0. The molecule has 10 aromatic carbocycles. The molecule has 0 atom stereocenters. The Morgan fingerprint density at radius 2 is 0.532 bits per heavy atom. The minimum atomic E-state index is 1.14. The van der Waals surface area contributed by atoms with Crippen LogP contribution in [0.1, 0.15) is 0 Å². The van der Waals surface area contributed by atoms with Crippen LogP contribution in [0.4, 0.5) is 0 Å². The number of nitrogens with zero attached hydrogens (tertiary/aromatic N) is 2. The second-order valence-electron chi connectivity index (χ2n) is 16.1. The van der Waals surface area contributed by atoms with Crippen molar-refractivity contribution in [3.63, 3.8) is 0 Å². The van der Waals surface area contributed by atoms with Gasteiger partial charge in [0.2, 0.25) is 0 Å². The Labute approximate surface area is 360 Å². The average molecular weight is 789 g/mol. The highest BCUT2D eigenvalue weighted by atomic mass is 15.0. The summed E-state index contributed by atoms with van der Waals surface area (Å²) in [4.78, 5) is 0. The lowest BCUT2D eigenvalue weighted by atomic mass is 9.96. The summed E-state index contributed by atoms with van der Waals surface area (Å²) in [7, 11) is 0. The van der Waals surface area contributed by atoms with Crippen LogP contribution in [0.25, 0.3) is 111 Å². The molecular weight excluding hydrogens is 749 g/mol. The van der Waals surface area contributed by atoms with Crippen LogP contribution in [0.3, 0.4) is 0 Å². The third-order valence-corrected chi connectivity index (χ3v) is 12.5. The van der Waals surface area contributed by atoms with E-state index in [2.05, 4.69) is 252 Å². The highest BCUT2D eigenvalue weighted by Gasteiger charge is 2.20. The lowest BCUT2D eigenvalue weighted by molar-refractivity contribution is 1.18. The molecule has 12 aromatic rings. The SMILES string of the molecule is c1ccc(-c2ccc(-n3c4ccc(-c5ccc6c(c5)c5c(-c7ccccc7)cccc5n6-c5ccc(-c6ccccc6)cc5)cc4c4c(-c5ccccc5)cccc43)cc2)cc1. The molecule has 2 aromatic heterocycles.